The molecule has 1 aliphatic heterocycles. The second kappa shape index (κ2) is 5.77. The zero-order valence-corrected chi connectivity index (χ0v) is 13.7. The highest BCUT2D eigenvalue weighted by Crippen LogP contribution is 2.27. The fourth-order valence-corrected chi connectivity index (χ4v) is 2.79. The van der Waals surface area contributed by atoms with Gasteiger partial charge in [-0.25, -0.2) is 4.98 Å². The lowest BCUT2D eigenvalue weighted by Crippen LogP contribution is -2.49. The SMILES string of the molecule is CN(C)Cc1cc(Br)cnc1N1CCOC(C)(C)C1. The van der Waals surface area contributed by atoms with E-state index < -0.39 is 0 Å². The van der Waals surface area contributed by atoms with Crippen LogP contribution in [0.1, 0.15) is 19.4 Å². The van der Waals surface area contributed by atoms with Crippen LogP contribution in [0.2, 0.25) is 0 Å². The largest absolute Gasteiger partial charge is 0.372 e. The highest BCUT2D eigenvalue weighted by atomic mass is 79.9. The average Bonchev–Trinajstić information content (AvgIpc) is 2.26. The van der Waals surface area contributed by atoms with Gasteiger partial charge in [0.15, 0.2) is 0 Å². The molecule has 0 aromatic carbocycles. The molecule has 1 fully saturated rings. The standard InChI is InChI=1S/C14H22BrN3O/c1-14(2)10-18(5-6-19-14)13-11(9-17(3)4)7-12(15)8-16-13/h7-8H,5-6,9-10H2,1-4H3. The molecule has 2 rings (SSSR count). The van der Waals surface area contributed by atoms with Crippen molar-refractivity contribution in [1.29, 1.82) is 0 Å². The molecule has 4 nitrogen and oxygen atoms in total. The molecule has 0 atom stereocenters. The fourth-order valence-electron chi connectivity index (χ4n) is 2.41. The topological polar surface area (TPSA) is 28.6 Å². The van der Waals surface area contributed by atoms with Crippen molar-refractivity contribution in [2.75, 3.05) is 38.7 Å². The van der Waals surface area contributed by atoms with Crippen LogP contribution in [0.25, 0.3) is 0 Å². The number of nitrogens with zero attached hydrogens (tertiary/aromatic N) is 3. The van der Waals surface area contributed by atoms with Gasteiger partial charge >= 0.3 is 0 Å². The Bertz CT molecular complexity index is 448. The third-order valence-electron chi connectivity index (χ3n) is 3.12. The summed E-state index contributed by atoms with van der Waals surface area (Å²) in [5.74, 6) is 1.08. The van der Waals surface area contributed by atoms with Crippen LogP contribution in [0.5, 0.6) is 0 Å². The minimum absolute atomic E-state index is 0.109. The van der Waals surface area contributed by atoms with E-state index >= 15 is 0 Å². The average molecular weight is 328 g/mol. The quantitative estimate of drug-likeness (QED) is 0.853. The van der Waals surface area contributed by atoms with Gasteiger partial charge in [0.2, 0.25) is 0 Å². The Morgan fingerprint density at radius 2 is 2.21 bits per heavy atom. The number of hydrogen-bond donors (Lipinski definition) is 0. The molecule has 1 aliphatic rings. The van der Waals surface area contributed by atoms with E-state index in [1.807, 2.05) is 6.20 Å². The van der Waals surface area contributed by atoms with Crippen molar-refractivity contribution in [2.45, 2.75) is 26.0 Å². The number of aromatic nitrogens is 1. The minimum Gasteiger partial charge on any atom is -0.372 e. The molecule has 0 amide bonds. The van der Waals surface area contributed by atoms with Gasteiger partial charge in [0, 0.05) is 35.9 Å². The zero-order chi connectivity index (χ0) is 14.0. The van der Waals surface area contributed by atoms with Crippen LogP contribution < -0.4 is 4.90 Å². The maximum absolute atomic E-state index is 5.77. The maximum atomic E-state index is 5.77. The van der Waals surface area contributed by atoms with E-state index in [1.165, 1.54) is 5.56 Å². The van der Waals surface area contributed by atoms with Crippen LogP contribution >= 0.6 is 15.9 Å². The number of pyridine rings is 1. The molecule has 1 aromatic rings. The van der Waals surface area contributed by atoms with Gasteiger partial charge in [0.1, 0.15) is 5.82 Å². The van der Waals surface area contributed by atoms with Crippen molar-refractivity contribution < 1.29 is 4.74 Å². The number of halogens is 1. The van der Waals surface area contributed by atoms with Crippen molar-refractivity contribution in [3.05, 3.63) is 22.3 Å². The summed E-state index contributed by atoms with van der Waals surface area (Å²) in [4.78, 5) is 9.11. The van der Waals surface area contributed by atoms with Crippen LogP contribution in [-0.4, -0.2) is 49.3 Å². The summed E-state index contributed by atoms with van der Waals surface area (Å²) >= 11 is 3.51. The molecule has 0 saturated carbocycles. The van der Waals surface area contributed by atoms with Crippen LogP contribution in [-0.2, 0) is 11.3 Å². The van der Waals surface area contributed by atoms with Crippen LogP contribution in [0.15, 0.2) is 16.7 Å². The third kappa shape index (κ3) is 3.91. The predicted molar refractivity (Wildman–Crippen MR) is 81.6 cm³/mol. The van der Waals surface area contributed by atoms with Gasteiger partial charge in [-0.3, -0.25) is 0 Å². The number of ether oxygens (including phenoxy) is 1. The van der Waals surface area contributed by atoms with Gasteiger partial charge in [-0.2, -0.15) is 0 Å². The summed E-state index contributed by atoms with van der Waals surface area (Å²) in [5, 5.41) is 0. The third-order valence-corrected chi connectivity index (χ3v) is 3.55. The molecule has 106 valence electrons. The lowest BCUT2D eigenvalue weighted by molar-refractivity contribution is -0.0279. The molecule has 19 heavy (non-hydrogen) atoms. The molecule has 0 unspecified atom stereocenters. The van der Waals surface area contributed by atoms with E-state index in [4.69, 9.17) is 4.74 Å². The van der Waals surface area contributed by atoms with E-state index in [0.717, 1.165) is 36.5 Å². The first-order chi connectivity index (χ1) is 8.87. The van der Waals surface area contributed by atoms with Crippen LogP contribution in [0.3, 0.4) is 0 Å². The fraction of sp³-hybridized carbons (Fsp3) is 0.643. The predicted octanol–water partition coefficient (Wildman–Crippen LogP) is 2.52. The van der Waals surface area contributed by atoms with Crippen LogP contribution in [0, 0.1) is 0 Å². The van der Waals surface area contributed by atoms with Crippen LogP contribution in [0.4, 0.5) is 5.82 Å². The minimum atomic E-state index is -0.109. The van der Waals surface area contributed by atoms with E-state index in [2.05, 4.69) is 64.7 Å². The molecule has 0 aliphatic carbocycles. The maximum Gasteiger partial charge on any atom is 0.133 e. The number of hydrogen-bond acceptors (Lipinski definition) is 4. The Hall–Kier alpha value is -0.650. The van der Waals surface area contributed by atoms with E-state index in [-0.39, 0.29) is 5.60 Å². The van der Waals surface area contributed by atoms with Crippen molar-refractivity contribution in [1.82, 2.24) is 9.88 Å². The normalized spacial score (nSPS) is 18.9. The molecule has 5 heteroatoms. The molecule has 0 N–H and O–H groups in total. The highest BCUT2D eigenvalue weighted by Gasteiger charge is 2.29. The highest BCUT2D eigenvalue weighted by molar-refractivity contribution is 9.10. The Labute approximate surface area is 123 Å². The Morgan fingerprint density at radius 3 is 2.84 bits per heavy atom. The van der Waals surface area contributed by atoms with Crippen molar-refractivity contribution in [2.24, 2.45) is 0 Å². The summed E-state index contributed by atoms with van der Waals surface area (Å²) in [6.07, 6.45) is 1.87. The molecule has 1 aromatic heterocycles. The van der Waals surface area contributed by atoms with Crippen molar-refractivity contribution in [3.63, 3.8) is 0 Å². The van der Waals surface area contributed by atoms with Gasteiger partial charge in [-0.05, 0) is 49.9 Å². The molecule has 0 bridgehead atoms. The summed E-state index contributed by atoms with van der Waals surface area (Å²) in [6.45, 7) is 7.68. The molecule has 0 radical (unpaired) electrons. The second-order valence-electron chi connectivity index (χ2n) is 5.90. The first-order valence-corrected chi connectivity index (χ1v) is 7.35. The first kappa shape index (κ1) is 14.8. The first-order valence-electron chi connectivity index (χ1n) is 6.55. The van der Waals surface area contributed by atoms with Gasteiger partial charge in [-0.1, -0.05) is 0 Å². The zero-order valence-electron chi connectivity index (χ0n) is 12.1. The molecular formula is C14H22BrN3O. The number of morpholine rings is 1. The lowest BCUT2D eigenvalue weighted by atomic mass is 10.1. The monoisotopic (exact) mass is 327 g/mol. The smallest absolute Gasteiger partial charge is 0.133 e. The lowest BCUT2D eigenvalue weighted by Gasteiger charge is -2.39. The number of anilines is 1. The molecule has 0 spiro atoms. The molecule has 2 heterocycles. The van der Waals surface area contributed by atoms with Gasteiger partial charge in [0.05, 0.1) is 12.2 Å². The Kier molecular flexibility index (Phi) is 4.48. The summed E-state index contributed by atoms with van der Waals surface area (Å²) in [5.41, 5.74) is 1.14. The van der Waals surface area contributed by atoms with Gasteiger partial charge in [0.25, 0.3) is 0 Å². The van der Waals surface area contributed by atoms with Gasteiger partial charge < -0.3 is 14.5 Å². The second-order valence-corrected chi connectivity index (χ2v) is 6.82. The van der Waals surface area contributed by atoms with Gasteiger partial charge in [-0.15, -0.1) is 0 Å². The molecular weight excluding hydrogens is 306 g/mol. The Morgan fingerprint density at radius 1 is 1.47 bits per heavy atom. The Balaban J connectivity index is 2.27. The van der Waals surface area contributed by atoms with E-state index in [0.29, 0.717) is 0 Å². The molecule has 1 saturated heterocycles. The summed E-state index contributed by atoms with van der Waals surface area (Å²) in [6, 6.07) is 2.16. The van der Waals surface area contributed by atoms with Crippen molar-refractivity contribution in [3.8, 4) is 0 Å². The van der Waals surface area contributed by atoms with Crippen molar-refractivity contribution >= 4 is 21.7 Å². The summed E-state index contributed by atoms with van der Waals surface area (Å²) in [7, 11) is 4.15. The number of rotatable bonds is 3. The van der Waals surface area contributed by atoms with E-state index in [9.17, 15) is 0 Å². The summed E-state index contributed by atoms with van der Waals surface area (Å²) < 4.78 is 6.80. The van der Waals surface area contributed by atoms with E-state index in [1.54, 1.807) is 0 Å².